The number of benzene rings is 7. The lowest BCUT2D eigenvalue weighted by atomic mass is 9.81. The molecule has 0 saturated carbocycles. The van der Waals surface area contributed by atoms with Gasteiger partial charge >= 0.3 is 0 Å². The summed E-state index contributed by atoms with van der Waals surface area (Å²) in [5.74, 6) is 2.18. The normalized spacial score (nSPS) is 12.5. The molecule has 0 spiro atoms. The molecule has 7 aromatic carbocycles. The fourth-order valence-electron chi connectivity index (χ4n) is 9.43. The van der Waals surface area contributed by atoms with Gasteiger partial charge in [-0.25, -0.2) is 15.0 Å². The third-order valence-electron chi connectivity index (χ3n) is 12.7. The molecule has 0 unspecified atom stereocenters. The van der Waals surface area contributed by atoms with E-state index in [-0.39, 0.29) is 0 Å². The zero-order chi connectivity index (χ0) is 44.2. The van der Waals surface area contributed by atoms with Crippen molar-refractivity contribution < 1.29 is 0 Å². The van der Waals surface area contributed by atoms with Crippen LogP contribution in [0, 0.1) is 20.8 Å². The van der Waals surface area contributed by atoms with Crippen LogP contribution in [0.3, 0.4) is 0 Å². The van der Waals surface area contributed by atoms with E-state index in [0.717, 1.165) is 61.5 Å². The molecule has 0 amide bonds. The Morgan fingerprint density at radius 3 is 1.22 bits per heavy atom. The van der Waals surface area contributed by atoms with Gasteiger partial charge in [-0.15, -0.1) is 0 Å². The number of nitrogens with zero attached hydrogens (tertiary/aromatic N) is 9. The van der Waals surface area contributed by atoms with Gasteiger partial charge in [-0.05, 0) is 104 Å². The Hall–Kier alpha value is -8.30. The highest BCUT2D eigenvalue weighted by molar-refractivity contribution is 6.24. The zero-order valence-electron chi connectivity index (χ0n) is 36.8. The van der Waals surface area contributed by atoms with Crippen LogP contribution in [0.25, 0.3) is 32.7 Å². The number of aromatic nitrogens is 6. The molecule has 0 atom stereocenters. The molecule has 0 fully saturated rings. The summed E-state index contributed by atoms with van der Waals surface area (Å²) in [5, 5.41) is 4.22. The van der Waals surface area contributed by atoms with Crippen LogP contribution in [-0.4, -0.2) is 29.9 Å². The maximum Gasteiger partial charge on any atom is 0.156 e. The lowest BCUT2D eigenvalue weighted by Crippen LogP contribution is -2.18. The Balaban J connectivity index is 1.24. The molecule has 65 heavy (non-hydrogen) atoms. The first-order chi connectivity index (χ1) is 31.7. The molecule has 11 rings (SSSR count). The smallest absolute Gasteiger partial charge is 0.156 e. The van der Waals surface area contributed by atoms with Gasteiger partial charge in [-0.3, -0.25) is 29.7 Å². The Bertz CT molecular complexity index is 3360. The third kappa shape index (κ3) is 6.80. The number of rotatable bonds is 9. The monoisotopic (exact) mass is 843 g/mol. The van der Waals surface area contributed by atoms with Crippen molar-refractivity contribution in [3.63, 3.8) is 0 Å². The van der Waals surface area contributed by atoms with Crippen molar-refractivity contribution in [1.82, 2.24) is 29.9 Å². The molecule has 10 aromatic rings. The molecule has 3 aromatic heterocycles. The third-order valence-corrected chi connectivity index (χ3v) is 12.7. The molecule has 9 nitrogen and oxygen atoms in total. The second-order valence-electron chi connectivity index (χ2n) is 17.2. The first kappa shape index (κ1) is 39.5. The predicted octanol–water partition coefficient (Wildman–Crippen LogP) is 14.0. The first-order valence-electron chi connectivity index (χ1n) is 21.8. The summed E-state index contributed by atoms with van der Waals surface area (Å²) in [6.45, 7) is 11.0. The van der Waals surface area contributed by atoms with E-state index < -0.39 is 5.41 Å². The quantitative estimate of drug-likeness (QED) is 0.104. The summed E-state index contributed by atoms with van der Waals surface area (Å²) in [7, 11) is 0. The molecule has 3 heterocycles. The van der Waals surface area contributed by atoms with Crippen LogP contribution in [0.2, 0.25) is 0 Å². The molecule has 0 bridgehead atoms. The van der Waals surface area contributed by atoms with E-state index in [2.05, 4.69) is 192 Å². The minimum atomic E-state index is -0.401. The van der Waals surface area contributed by atoms with Crippen LogP contribution in [0.4, 0.5) is 51.6 Å². The van der Waals surface area contributed by atoms with Crippen molar-refractivity contribution in [2.45, 2.75) is 40.0 Å². The molecular weight excluding hydrogens is 799 g/mol. The lowest BCUT2D eigenvalue weighted by Gasteiger charge is -2.32. The van der Waals surface area contributed by atoms with Gasteiger partial charge in [-0.1, -0.05) is 97.3 Å². The molecule has 0 aliphatic heterocycles. The van der Waals surface area contributed by atoms with E-state index in [1.807, 2.05) is 18.6 Å². The Morgan fingerprint density at radius 1 is 0.369 bits per heavy atom. The Kier molecular flexibility index (Phi) is 9.61. The van der Waals surface area contributed by atoms with Crippen LogP contribution in [0.5, 0.6) is 0 Å². The maximum absolute atomic E-state index is 4.96. The highest BCUT2D eigenvalue weighted by atomic mass is 15.2. The Labute approximate surface area is 378 Å². The van der Waals surface area contributed by atoms with Gasteiger partial charge in [0.25, 0.3) is 0 Å². The van der Waals surface area contributed by atoms with Crippen molar-refractivity contribution in [2.75, 3.05) is 14.7 Å². The van der Waals surface area contributed by atoms with Gasteiger partial charge in [0.2, 0.25) is 0 Å². The number of hydrogen-bond acceptors (Lipinski definition) is 9. The van der Waals surface area contributed by atoms with Gasteiger partial charge in [0.1, 0.15) is 0 Å². The van der Waals surface area contributed by atoms with Gasteiger partial charge in [0.15, 0.2) is 17.5 Å². The van der Waals surface area contributed by atoms with Crippen molar-refractivity contribution in [3.8, 4) is 11.1 Å². The summed E-state index contributed by atoms with van der Waals surface area (Å²) in [5.41, 5.74) is 13.9. The SMILES string of the molecule is Cc1ccc(N(c2ccc3c(c2)C(C)(C)c2cc4c(N(c5ccc(C)cc5)c5cnccn5)c5ccccc5c(N(c5ccc(C)cc5)c5cnccn5)c4cc2-3)c2cnccn2)cc1. The van der Waals surface area contributed by atoms with Gasteiger partial charge in [-0.2, -0.15) is 0 Å². The zero-order valence-corrected chi connectivity index (χ0v) is 36.8. The van der Waals surface area contributed by atoms with E-state index >= 15 is 0 Å². The molecule has 9 heteroatoms. The number of aryl methyl sites for hydroxylation is 3. The van der Waals surface area contributed by atoms with Crippen LogP contribution in [0.1, 0.15) is 41.7 Å². The molecule has 0 saturated heterocycles. The average molecular weight is 844 g/mol. The van der Waals surface area contributed by atoms with E-state index in [1.54, 1.807) is 37.2 Å². The predicted molar refractivity (Wildman–Crippen MR) is 264 cm³/mol. The molecule has 0 radical (unpaired) electrons. The summed E-state index contributed by atoms with van der Waals surface area (Å²) in [6.07, 6.45) is 15.9. The summed E-state index contributed by atoms with van der Waals surface area (Å²) in [4.78, 5) is 35.1. The number of anilines is 9. The van der Waals surface area contributed by atoms with E-state index in [0.29, 0.717) is 11.6 Å². The number of hydrogen-bond donors (Lipinski definition) is 0. The summed E-state index contributed by atoms with van der Waals surface area (Å²) in [6, 6.07) is 46.2. The van der Waals surface area contributed by atoms with Crippen molar-refractivity contribution >= 4 is 73.1 Å². The average Bonchev–Trinajstić information content (AvgIpc) is 3.56. The Morgan fingerprint density at radius 2 is 0.769 bits per heavy atom. The van der Waals surface area contributed by atoms with Crippen LogP contribution in [-0.2, 0) is 5.41 Å². The van der Waals surface area contributed by atoms with Crippen molar-refractivity contribution in [2.24, 2.45) is 0 Å². The van der Waals surface area contributed by atoms with E-state index in [9.17, 15) is 0 Å². The highest BCUT2D eigenvalue weighted by Crippen LogP contribution is 2.56. The molecule has 1 aliphatic carbocycles. The second-order valence-corrected chi connectivity index (χ2v) is 17.2. The number of fused-ring (bicyclic) bond motifs is 5. The maximum atomic E-state index is 4.96. The fraction of sp³-hybridized carbons (Fsp3) is 0.107. The van der Waals surface area contributed by atoms with Crippen molar-refractivity contribution in [3.05, 3.63) is 211 Å². The van der Waals surface area contributed by atoms with E-state index in [4.69, 9.17) is 15.0 Å². The minimum Gasteiger partial charge on any atom is -0.294 e. The largest absolute Gasteiger partial charge is 0.294 e. The van der Waals surface area contributed by atoms with Gasteiger partial charge < -0.3 is 0 Å². The molecule has 1 aliphatic rings. The minimum absolute atomic E-state index is 0.401. The summed E-state index contributed by atoms with van der Waals surface area (Å²) < 4.78 is 0. The highest BCUT2D eigenvalue weighted by Gasteiger charge is 2.38. The fourth-order valence-corrected chi connectivity index (χ4v) is 9.43. The lowest BCUT2D eigenvalue weighted by molar-refractivity contribution is 0.661. The first-order valence-corrected chi connectivity index (χ1v) is 21.8. The van der Waals surface area contributed by atoms with Gasteiger partial charge in [0.05, 0.1) is 30.0 Å². The second kappa shape index (κ2) is 15.8. The molecular formula is C56H45N9. The topological polar surface area (TPSA) is 87.1 Å². The molecule has 0 N–H and O–H groups in total. The van der Waals surface area contributed by atoms with Crippen LogP contribution < -0.4 is 14.7 Å². The van der Waals surface area contributed by atoms with Crippen LogP contribution >= 0.6 is 0 Å². The summed E-state index contributed by atoms with van der Waals surface area (Å²) >= 11 is 0. The van der Waals surface area contributed by atoms with Gasteiger partial charge in [0, 0.05) is 86.9 Å². The molecule has 314 valence electrons. The standard InChI is InChI=1S/C56H45N9/c1-36-10-16-39(17-11-36)63(51-33-57-24-27-60-51)42-22-23-43-46-31-47-48(32-50(46)56(4,5)49(43)30-42)55(65(53-35-59-26-29-62-53)41-20-14-38(3)15-21-41)45-9-7-6-8-44(45)54(47)64(52-34-58-25-28-61-52)40-18-12-37(2)13-19-40/h6-35H,1-5H3. The van der Waals surface area contributed by atoms with E-state index in [1.165, 1.54) is 38.9 Å². The van der Waals surface area contributed by atoms with Crippen LogP contribution in [0.15, 0.2) is 183 Å². The van der Waals surface area contributed by atoms with Crippen molar-refractivity contribution in [1.29, 1.82) is 0 Å².